The van der Waals surface area contributed by atoms with Gasteiger partial charge < -0.3 is 4.90 Å². The first kappa shape index (κ1) is 14.7. The largest absolute Gasteiger partial charge is 0.341 e. The molecule has 2 atom stereocenters. The average molecular weight is 300 g/mol. The molecule has 1 aromatic carbocycles. The highest BCUT2D eigenvalue weighted by Crippen LogP contribution is 2.21. The van der Waals surface area contributed by atoms with Crippen molar-refractivity contribution < 1.29 is 4.79 Å². The Morgan fingerprint density at radius 2 is 1.91 bits per heavy atom. The van der Waals surface area contributed by atoms with Gasteiger partial charge in [-0.15, -0.1) is 5.10 Å². The van der Waals surface area contributed by atoms with Gasteiger partial charge in [0, 0.05) is 13.1 Å². The molecule has 116 valence electrons. The van der Waals surface area contributed by atoms with Gasteiger partial charge in [-0.3, -0.25) is 9.59 Å². The van der Waals surface area contributed by atoms with E-state index in [1.807, 2.05) is 11.0 Å². The highest BCUT2D eigenvalue weighted by Gasteiger charge is 2.25. The second-order valence-electron chi connectivity index (χ2n) is 6.31. The highest BCUT2D eigenvalue weighted by atomic mass is 16.2. The summed E-state index contributed by atoms with van der Waals surface area (Å²) >= 11 is 0. The van der Waals surface area contributed by atoms with Crippen LogP contribution in [0.2, 0.25) is 0 Å². The van der Waals surface area contributed by atoms with Crippen LogP contribution < -0.4 is 5.56 Å². The monoisotopic (exact) mass is 300 g/mol. The van der Waals surface area contributed by atoms with Crippen LogP contribution >= 0.6 is 0 Å². The maximum atomic E-state index is 12.4. The number of piperidine rings is 1. The van der Waals surface area contributed by atoms with Gasteiger partial charge in [0.15, 0.2) is 0 Å². The van der Waals surface area contributed by atoms with E-state index >= 15 is 0 Å². The van der Waals surface area contributed by atoms with Crippen LogP contribution in [-0.4, -0.2) is 38.9 Å². The minimum Gasteiger partial charge on any atom is -0.341 e. The Morgan fingerprint density at radius 1 is 1.23 bits per heavy atom. The normalized spacial score (nSPS) is 22.0. The van der Waals surface area contributed by atoms with Gasteiger partial charge in [0.1, 0.15) is 12.1 Å². The van der Waals surface area contributed by atoms with Gasteiger partial charge in [-0.2, -0.15) is 0 Å². The molecule has 1 saturated heterocycles. The van der Waals surface area contributed by atoms with Gasteiger partial charge in [0.25, 0.3) is 5.56 Å². The molecule has 0 radical (unpaired) electrons. The molecule has 0 N–H and O–H groups in total. The number of carbonyl (C=O) groups excluding carboxylic acids is 1. The number of rotatable bonds is 2. The lowest BCUT2D eigenvalue weighted by Crippen LogP contribution is -2.45. The van der Waals surface area contributed by atoms with Crippen molar-refractivity contribution in [2.45, 2.75) is 26.8 Å². The Labute approximate surface area is 128 Å². The first-order chi connectivity index (χ1) is 10.5. The van der Waals surface area contributed by atoms with E-state index in [0.29, 0.717) is 22.7 Å². The zero-order chi connectivity index (χ0) is 15.7. The van der Waals surface area contributed by atoms with Gasteiger partial charge in [-0.25, -0.2) is 4.68 Å². The van der Waals surface area contributed by atoms with E-state index in [4.69, 9.17) is 0 Å². The van der Waals surface area contributed by atoms with Crippen LogP contribution in [0.25, 0.3) is 10.9 Å². The molecule has 1 fully saturated rings. The quantitative estimate of drug-likeness (QED) is 0.838. The Kier molecular flexibility index (Phi) is 3.92. The van der Waals surface area contributed by atoms with Gasteiger partial charge in [-0.1, -0.05) is 31.2 Å². The number of nitrogens with zero attached hydrogens (tertiary/aromatic N) is 4. The van der Waals surface area contributed by atoms with E-state index in [2.05, 4.69) is 24.2 Å². The van der Waals surface area contributed by atoms with Crippen molar-refractivity contribution in [3.63, 3.8) is 0 Å². The van der Waals surface area contributed by atoms with Crippen molar-refractivity contribution >= 4 is 16.8 Å². The fourth-order valence-corrected chi connectivity index (χ4v) is 3.22. The molecule has 0 aliphatic carbocycles. The van der Waals surface area contributed by atoms with Crippen LogP contribution in [0.15, 0.2) is 29.1 Å². The Hall–Kier alpha value is -2.24. The molecular formula is C16H20N4O2. The molecule has 0 saturated carbocycles. The van der Waals surface area contributed by atoms with Crippen molar-refractivity contribution in [1.82, 2.24) is 19.9 Å². The smallest absolute Gasteiger partial charge is 0.278 e. The lowest BCUT2D eigenvalue weighted by Gasteiger charge is -2.35. The summed E-state index contributed by atoms with van der Waals surface area (Å²) in [4.78, 5) is 26.6. The SMILES string of the molecule is C[C@@H]1C[C@H](C)CN(C(=O)Cn2nnc3ccccc3c2=O)C1. The first-order valence-electron chi connectivity index (χ1n) is 7.65. The number of hydrogen-bond donors (Lipinski definition) is 0. The number of likely N-dealkylation sites (tertiary alicyclic amines) is 1. The van der Waals surface area contributed by atoms with Gasteiger partial charge in [-0.05, 0) is 30.4 Å². The molecule has 6 heteroatoms. The van der Waals surface area contributed by atoms with E-state index in [0.717, 1.165) is 24.2 Å². The summed E-state index contributed by atoms with van der Waals surface area (Å²) in [7, 11) is 0. The van der Waals surface area contributed by atoms with E-state index in [-0.39, 0.29) is 18.0 Å². The molecule has 1 amide bonds. The third-order valence-corrected chi connectivity index (χ3v) is 4.14. The summed E-state index contributed by atoms with van der Waals surface area (Å²) in [5.74, 6) is 0.921. The van der Waals surface area contributed by atoms with Crippen LogP contribution in [0.5, 0.6) is 0 Å². The number of hydrogen-bond acceptors (Lipinski definition) is 4. The van der Waals surface area contributed by atoms with Gasteiger partial charge >= 0.3 is 0 Å². The summed E-state index contributed by atoms with van der Waals surface area (Å²) in [6.07, 6.45) is 1.14. The van der Waals surface area contributed by atoms with Crippen molar-refractivity contribution in [1.29, 1.82) is 0 Å². The zero-order valence-electron chi connectivity index (χ0n) is 12.9. The second-order valence-corrected chi connectivity index (χ2v) is 6.31. The van der Waals surface area contributed by atoms with Crippen LogP contribution in [0.3, 0.4) is 0 Å². The average Bonchev–Trinajstić information content (AvgIpc) is 2.49. The third kappa shape index (κ3) is 2.86. The molecule has 22 heavy (non-hydrogen) atoms. The number of fused-ring (bicyclic) bond motifs is 1. The number of aromatic nitrogens is 3. The summed E-state index contributed by atoms with van der Waals surface area (Å²) in [6.45, 7) is 5.75. The maximum absolute atomic E-state index is 12.4. The lowest BCUT2D eigenvalue weighted by atomic mass is 9.92. The molecular weight excluding hydrogens is 280 g/mol. The summed E-state index contributed by atoms with van der Waals surface area (Å²) in [5, 5.41) is 8.39. The van der Waals surface area contributed by atoms with Crippen LogP contribution in [-0.2, 0) is 11.3 Å². The molecule has 1 aliphatic heterocycles. The van der Waals surface area contributed by atoms with Gasteiger partial charge in [0.2, 0.25) is 5.91 Å². The molecule has 6 nitrogen and oxygen atoms in total. The molecule has 3 rings (SSSR count). The summed E-state index contributed by atoms with van der Waals surface area (Å²) in [6, 6.07) is 7.04. The predicted molar refractivity (Wildman–Crippen MR) is 83.3 cm³/mol. The molecule has 0 unspecified atom stereocenters. The predicted octanol–water partition coefficient (Wildman–Crippen LogP) is 1.30. The van der Waals surface area contributed by atoms with Crippen molar-refractivity contribution in [3.05, 3.63) is 34.6 Å². The number of carbonyl (C=O) groups is 1. The van der Waals surface area contributed by atoms with E-state index in [1.54, 1.807) is 18.2 Å². The minimum absolute atomic E-state index is 0.0455. The Balaban J connectivity index is 1.82. The summed E-state index contributed by atoms with van der Waals surface area (Å²) < 4.78 is 1.16. The lowest BCUT2D eigenvalue weighted by molar-refractivity contribution is -0.134. The second kappa shape index (κ2) is 5.87. The van der Waals surface area contributed by atoms with Crippen LogP contribution in [0.1, 0.15) is 20.3 Å². The Bertz CT molecular complexity index is 745. The van der Waals surface area contributed by atoms with E-state index in [9.17, 15) is 9.59 Å². The molecule has 1 aliphatic rings. The number of amides is 1. The molecule has 2 aromatic rings. The third-order valence-electron chi connectivity index (χ3n) is 4.14. The molecule has 0 spiro atoms. The highest BCUT2D eigenvalue weighted by molar-refractivity contribution is 5.78. The van der Waals surface area contributed by atoms with Crippen molar-refractivity contribution in [2.24, 2.45) is 11.8 Å². The minimum atomic E-state index is -0.267. The Morgan fingerprint density at radius 3 is 2.64 bits per heavy atom. The molecule has 0 bridgehead atoms. The standard InChI is InChI=1S/C16H20N4O2/c1-11-7-12(2)9-19(8-11)15(21)10-20-16(22)13-5-3-4-6-14(13)17-18-20/h3-6,11-12H,7-10H2,1-2H3/t11-,12+. The van der Waals surface area contributed by atoms with E-state index < -0.39 is 0 Å². The zero-order valence-corrected chi connectivity index (χ0v) is 12.9. The van der Waals surface area contributed by atoms with Crippen LogP contribution in [0.4, 0.5) is 0 Å². The molecule has 2 heterocycles. The fourth-order valence-electron chi connectivity index (χ4n) is 3.22. The van der Waals surface area contributed by atoms with E-state index in [1.165, 1.54) is 0 Å². The van der Waals surface area contributed by atoms with Crippen molar-refractivity contribution in [3.8, 4) is 0 Å². The maximum Gasteiger partial charge on any atom is 0.278 e. The first-order valence-corrected chi connectivity index (χ1v) is 7.65. The summed E-state index contributed by atoms with van der Waals surface area (Å²) in [5.41, 5.74) is 0.286. The fraction of sp³-hybridized carbons (Fsp3) is 0.500. The van der Waals surface area contributed by atoms with Crippen molar-refractivity contribution in [2.75, 3.05) is 13.1 Å². The number of benzene rings is 1. The van der Waals surface area contributed by atoms with Crippen LogP contribution in [0, 0.1) is 11.8 Å². The topological polar surface area (TPSA) is 68.1 Å². The molecule has 1 aromatic heterocycles. The van der Waals surface area contributed by atoms with Gasteiger partial charge in [0.05, 0.1) is 5.39 Å².